The zero-order chi connectivity index (χ0) is 29.2. The fraction of sp³-hybridized carbons (Fsp3) is 0.455. The molecule has 1 amide bonds. The Morgan fingerprint density at radius 2 is 1.59 bits per heavy atom. The fourth-order valence-corrected chi connectivity index (χ4v) is 3.54. The first kappa shape index (κ1) is 31.2. The van der Waals surface area contributed by atoms with E-state index in [1.165, 1.54) is 0 Å². The maximum Gasteiger partial charge on any atom is 0.490 e. The monoisotopic (exact) mass is 567 g/mol. The van der Waals surface area contributed by atoms with Crippen LogP contribution in [0.5, 0.6) is 0 Å². The molecule has 2 aromatic heterocycles. The van der Waals surface area contributed by atoms with Crippen LogP contribution in [0, 0.1) is 5.92 Å². The van der Waals surface area contributed by atoms with E-state index in [0.717, 1.165) is 37.4 Å². The van der Waals surface area contributed by atoms with Gasteiger partial charge in [0.15, 0.2) is 0 Å². The SMILES string of the molecule is O=C(NCc1cccnc1)[C@@H]1C[C@@H]2CCN(c3ncccn3)C[C@@H]2O1.O=C(O)C(F)(F)F.O=C(O)C(F)(F)F. The van der Waals surface area contributed by atoms with Crippen molar-refractivity contribution in [1.29, 1.82) is 0 Å². The molecule has 11 nitrogen and oxygen atoms in total. The van der Waals surface area contributed by atoms with E-state index in [0.29, 0.717) is 12.5 Å². The number of carboxylic acids is 2. The Balaban J connectivity index is 0.000000317. The molecule has 0 bridgehead atoms. The van der Waals surface area contributed by atoms with E-state index in [1.54, 1.807) is 24.8 Å². The molecule has 2 aromatic rings. The molecular formula is C22H23F6N5O6. The Morgan fingerprint density at radius 1 is 1.00 bits per heavy atom. The zero-order valence-electron chi connectivity index (χ0n) is 19.9. The third-order valence-corrected chi connectivity index (χ3v) is 5.35. The summed E-state index contributed by atoms with van der Waals surface area (Å²) < 4.78 is 69.5. The van der Waals surface area contributed by atoms with Gasteiger partial charge in [0.2, 0.25) is 11.9 Å². The molecule has 0 unspecified atom stereocenters. The molecule has 4 heterocycles. The number of aliphatic carboxylic acids is 2. The van der Waals surface area contributed by atoms with Gasteiger partial charge < -0.3 is 25.2 Å². The molecule has 2 saturated heterocycles. The van der Waals surface area contributed by atoms with Crippen molar-refractivity contribution < 1.29 is 55.7 Å². The minimum atomic E-state index is -5.08. The normalized spacial score (nSPS) is 20.4. The van der Waals surface area contributed by atoms with E-state index in [9.17, 15) is 31.1 Å². The summed E-state index contributed by atoms with van der Waals surface area (Å²) >= 11 is 0. The van der Waals surface area contributed by atoms with Crippen molar-refractivity contribution in [1.82, 2.24) is 20.3 Å². The molecule has 39 heavy (non-hydrogen) atoms. The molecule has 0 aliphatic carbocycles. The number of nitrogens with zero attached hydrogens (tertiary/aromatic N) is 4. The lowest BCUT2D eigenvalue weighted by molar-refractivity contribution is -0.193. The molecule has 0 saturated carbocycles. The standard InChI is InChI=1S/C18H21N5O2.2C2HF3O2/c24-17(22-11-13-3-1-5-19-10-13)15-9-14-4-8-23(12-16(14)25-15)18-20-6-2-7-21-18;2*3-2(4,5)1(6)7/h1-3,5-7,10,14-16H,4,8-9,11-12H2,(H,22,24);2*(H,6,7)/t14-,15-,16-;;/m0../s1. The Kier molecular flexibility index (Phi) is 10.9. The van der Waals surface area contributed by atoms with Gasteiger partial charge in [-0.2, -0.15) is 26.3 Å². The van der Waals surface area contributed by atoms with Gasteiger partial charge in [0.25, 0.3) is 0 Å². The summed E-state index contributed by atoms with van der Waals surface area (Å²) in [6.07, 6.45) is -1.72. The molecule has 2 aliphatic rings. The Hall–Kier alpha value is -4.02. The molecule has 214 valence electrons. The van der Waals surface area contributed by atoms with E-state index in [4.69, 9.17) is 24.5 Å². The Morgan fingerprint density at radius 3 is 2.10 bits per heavy atom. The first-order chi connectivity index (χ1) is 18.2. The average Bonchev–Trinajstić information content (AvgIpc) is 3.32. The molecule has 3 N–H and O–H groups in total. The molecule has 3 atom stereocenters. The number of ether oxygens (including phenoxy) is 1. The lowest BCUT2D eigenvalue weighted by Crippen LogP contribution is -2.43. The lowest BCUT2D eigenvalue weighted by atomic mass is 9.92. The first-order valence-electron chi connectivity index (χ1n) is 11.1. The third kappa shape index (κ3) is 10.3. The highest BCUT2D eigenvalue weighted by atomic mass is 19.4. The van der Waals surface area contributed by atoms with Crippen molar-refractivity contribution in [3.05, 3.63) is 48.5 Å². The van der Waals surface area contributed by atoms with Crippen molar-refractivity contribution in [3.63, 3.8) is 0 Å². The zero-order valence-corrected chi connectivity index (χ0v) is 19.9. The van der Waals surface area contributed by atoms with E-state index < -0.39 is 24.3 Å². The Bertz CT molecular complexity index is 1070. The number of carbonyl (C=O) groups excluding carboxylic acids is 1. The lowest BCUT2D eigenvalue weighted by Gasteiger charge is -2.33. The van der Waals surface area contributed by atoms with E-state index in [1.807, 2.05) is 18.2 Å². The van der Waals surface area contributed by atoms with Crippen molar-refractivity contribution in [3.8, 4) is 0 Å². The number of alkyl halides is 6. The highest BCUT2D eigenvalue weighted by Crippen LogP contribution is 2.34. The molecule has 2 aliphatic heterocycles. The number of anilines is 1. The maximum absolute atomic E-state index is 12.4. The number of aromatic nitrogens is 3. The summed E-state index contributed by atoms with van der Waals surface area (Å²) in [7, 11) is 0. The van der Waals surface area contributed by atoms with Gasteiger partial charge in [-0.1, -0.05) is 6.07 Å². The van der Waals surface area contributed by atoms with Gasteiger partial charge in [0, 0.05) is 44.4 Å². The van der Waals surface area contributed by atoms with Crippen LogP contribution in [0.1, 0.15) is 18.4 Å². The van der Waals surface area contributed by atoms with Gasteiger partial charge in [-0.3, -0.25) is 9.78 Å². The minimum absolute atomic E-state index is 0.0410. The van der Waals surface area contributed by atoms with Gasteiger partial charge in [-0.15, -0.1) is 0 Å². The summed E-state index contributed by atoms with van der Waals surface area (Å²) in [6, 6.07) is 5.62. The number of nitrogens with one attached hydrogen (secondary N) is 1. The number of halogens is 6. The molecule has 17 heteroatoms. The molecule has 2 fully saturated rings. The maximum atomic E-state index is 12.4. The summed E-state index contributed by atoms with van der Waals surface area (Å²) in [5, 5.41) is 17.2. The molecule has 0 spiro atoms. The summed E-state index contributed by atoms with van der Waals surface area (Å²) in [5.41, 5.74) is 0.985. The van der Waals surface area contributed by atoms with E-state index in [-0.39, 0.29) is 18.1 Å². The number of amides is 1. The van der Waals surface area contributed by atoms with Crippen LogP contribution in [-0.4, -0.2) is 80.7 Å². The van der Waals surface area contributed by atoms with Crippen LogP contribution >= 0.6 is 0 Å². The van der Waals surface area contributed by atoms with Crippen molar-refractivity contribution in [2.75, 3.05) is 18.0 Å². The highest BCUT2D eigenvalue weighted by molar-refractivity contribution is 5.81. The van der Waals surface area contributed by atoms with Crippen LogP contribution < -0.4 is 10.2 Å². The highest BCUT2D eigenvalue weighted by Gasteiger charge is 2.42. The van der Waals surface area contributed by atoms with Crippen LogP contribution in [0.25, 0.3) is 0 Å². The number of carbonyl (C=O) groups is 3. The molecular weight excluding hydrogens is 544 g/mol. The number of hydrogen-bond donors (Lipinski definition) is 3. The number of fused-ring (bicyclic) bond motifs is 1. The minimum Gasteiger partial charge on any atom is -0.475 e. The van der Waals surface area contributed by atoms with Crippen molar-refractivity contribution in [2.24, 2.45) is 5.92 Å². The second kappa shape index (κ2) is 13.7. The van der Waals surface area contributed by atoms with Crippen LogP contribution in [0.3, 0.4) is 0 Å². The Labute approximate surface area is 216 Å². The average molecular weight is 567 g/mol. The quantitative estimate of drug-likeness (QED) is 0.470. The molecule has 0 radical (unpaired) electrons. The van der Waals surface area contributed by atoms with Gasteiger partial charge in [0.05, 0.1) is 6.10 Å². The summed E-state index contributed by atoms with van der Waals surface area (Å²) in [6.45, 7) is 2.12. The number of hydrogen-bond acceptors (Lipinski definition) is 8. The second-order valence-corrected chi connectivity index (χ2v) is 8.13. The van der Waals surface area contributed by atoms with E-state index >= 15 is 0 Å². The van der Waals surface area contributed by atoms with Crippen molar-refractivity contribution in [2.45, 2.75) is 43.9 Å². The summed E-state index contributed by atoms with van der Waals surface area (Å²) in [5.74, 6) is -4.40. The summed E-state index contributed by atoms with van der Waals surface area (Å²) in [4.78, 5) is 45.0. The second-order valence-electron chi connectivity index (χ2n) is 8.13. The molecule has 0 aromatic carbocycles. The van der Waals surface area contributed by atoms with Gasteiger partial charge in [0.1, 0.15) is 6.10 Å². The van der Waals surface area contributed by atoms with Gasteiger partial charge >= 0.3 is 24.3 Å². The van der Waals surface area contributed by atoms with Crippen molar-refractivity contribution >= 4 is 23.8 Å². The number of rotatable bonds is 4. The predicted molar refractivity (Wildman–Crippen MR) is 119 cm³/mol. The predicted octanol–water partition coefficient (Wildman–Crippen LogP) is 2.44. The van der Waals surface area contributed by atoms with Crippen LogP contribution in [-0.2, 0) is 25.7 Å². The number of carboxylic acid groups (broad SMARTS) is 2. The smallest absolute Gasteiger partial charge is 0.475 e. The largest absolute Gasteiger partial charge is 0.490 e. The van der Waals surface area contributed by atoms with Gasteiger partial charge in [-0.25, -0.2) is 19.6 Å². The fourth-order valence-electron chi connectivity index (χ4n) is 3.54. The number of pyridine rings is 1. The number of piperidine rings is 1. The van der Waals surface area contributed by atoms with Crippen LogP contribution in [0.2, 0.25) is 0 Å². The first-order valence-corrected chi connectivity index (χ1v) is 11.1. The molecule has 4 rings (SSSR count). The van der Waals surface area contributed by atoms with Gasteiger partial charge in [-0.05, 0) is 36.5 Å². The van der Waals surface area contributed by atoms with Crippen LogP contribution in [0.4, 0.5) is 32.3 Å². The van der Waals surface area contributed by atoms with E-state index in [2.05, 4.69) is 25.2 Å². The topological polar surface area (TPSA) is 155 Å². The third-order valence-electron chi connectivity index (χ3n) is 5.35. The van der Waals surface area contributed by atoms with Crippen LogP contribution in [0.15, 0.2) is 43.0 Å².